The van der Waals surface area contributed by atoms with Crippen LogP contribution in [0.3, 0.4) is 0 Å². The number of hydrogen-bond donors (Lipinski definition) is 1. The molecule has 118 valence electrons. The van der Waals surface area contributed by atoms with E-state index in [1.807, 2.05) is 20.8 Å². The molecule has 0 spiro atoms. The van der Waals surface area contributed by atoms with Gasteiger partial charge in [0.05, 0.1) is 0 Å². The van der Waals surface area contributed by atoms with Crippen molar-refractivity contribution in [3.8, 4) is 0 Å². The first-order chi connectivity index (χ1) is 9.76. The highest BCUT2D eigenvalue weighted by molar-refractivity contribution is 5.72. The minimum Gasteiger partial charge on any atom is -0.444 e. The molecule has 0 aromatic carbocycles. The minimum absolute atomic E-state index is 0.00287. The van der Waals surface area contributed by atoms with Crippen LogP contribution in [0.5, 0.6) is 0 Å². The van der Waals surface area contributed by atoms with Crippen molar-refractivity contribution in [2.75, 3.05) is 19.6 Å². The van der Waals surface area contributed by atoms with Crippen molar-refractivity contribution in [1.29, 1.82) is 0 Å². The number of ether oxygens (including phenoxy) is 1. The second-order valence-corrected chi connectivity index (χ2v) is 7.07. The fraction of sp³-hybridized carbons (Fsp3) is 0.750. The highest BCUT2D eigenvalue weighted by atomic mass is 16.6. The number of hydrogen-bond acceptors (Lipinski definition) is 3. The van der Waals surface area contributed by atoms with Crippen LogP contribution < -0.4 is 5.32 Å². The summed E-state index contributed by atoms with van der Waals surface area (Å²) in [7, 11) is 0. The van der Waals surface area contributed by atoms with E-state index in [2.05, 4.69) is 17.5 Å². The molecule has 1 heterocycles. The van der Waals surface area contributed by atoms with Crippen LogP contribution in [0, 0.1) is 17.8 Å². The van der Waals surface area contributed by atoms with Crippen molar-refractivity contribution in [2.45, 2.75) is 39.7 Å². The predicted octanol–water partition coefficient (Wildman–Crippen LogP) is 2.18. The van der Waals surface area contributed by atoms with Crippen LogP contribution in [0.15, 0.2) is 12.2 Å². The fourth-order valence-corrected chi connectivity index (χ4v) is 3.14. The number of fused-ring (bicyclic) bond motifs is 1. The third-order valence-electron chi connectivity index (χ3n) is 4.10. The normalized spacial score (nSPS) is 28.2. The van der Waals surface area contributed by atoms with Gasteiger partial charge in [-0.15, -0.1) is 0 Å². The number of amides is 2. The summed E-state index contributed by atoms with van der Waals surface area (Å²) in [4.78, 5) is 25.1. The largest absolute Gasteiger partial charge is 0.444 e. The zero-order chi connectivity index (χ0) is 15.6. The summed E-state index contributed by atoms with van der Waals surface area (Å²) in [5, 5.41) is 2.90. The lowest BCUT2D eigenvalue weighted by Crippen LogP contribution is -2.37. The smallest absolute Gasteiger partial charge is 0.410 e. The second-order valence-electron chi connectivity index (χ2n) is 7.07. The number of carbonyl (C=O) groups is 2. The summed E-state index contributed by atoms with van der Waals surface area (Å²) in [6.45, 7) is 9.30. The van der Waals surface area contributed by atoms with Crippen LogP contribution in [0.2, 0.25) is 0 Å². The second kappa shape index (κ2) is 6.08. The van der Waals surface area contributed by atoms with Crippen molar-refractivity contribution in [1.82, 2.24) is 10.2 Å². The van der Waals surface area contributed by atoms with Crippen LogP contribution in [0.25, 0.3) is 0 Å². The van der Waals surface area contributed by atoms with Gasteiger partial charge in [-0.2, -0.15) is 0 Å². The van der Waals surface area contributed by atoms with Crippen LogP contribution in [0.4, 0.5) is 4.79 Å². The SMILES string of the molecule is CC(=O)NC[C@H]1CC=CC2CN(C(=O)OC(C)(C)C)C[C@H]21. The Kier molecular flexibility index (Phi) is 4.59. The first-order valence-electron chi connectivity index (χ1n) is 7.65. The van der Waals surface area contributed by atoms with Crippen molar-refractivity contribution >= 4 is 12.0 Å². The van der Waals surface area contributed by atoms with E-state index < -0.39 is 5.60 Å². The molecule has 1 saturated heterocycles. The van der Waals surface area contributed by atoms with Crippen molar-refractivity contribution in [3.05, 3.63) is 12.2 Å². The molecule has 1 aliphatic heterocycles. The van der Waals surface area contributed by atoms with Gasteiger partial charge in [0.25, 0.3) is 0 Å². The van der Waals surface area contributed by atoms with Gasteiger partial charge >= 0.3 is 6.09 Å². The summed E-state index contributed by atoms with van der Waals surface area (Å²) in [5.74, 6) is 1.19. The van der Waals surface area contributed by atoms with E-state index in [-0.39, 0.29) is 12.0 Å². The average molecular weight is 294 g/mol. The summed E-state index contributed by atoms with van der Waals surface area (Å²) < 4.78 is 5.45. The number of nitrogens with zero attached hydrogens (tertiary/aromatic N) is 1. The average Bonchev–Trinajstić information content (AvgIpc) is 2.78. The predicted molar refractivity (Wildman–Crippen MR) is 80.7 cm³/mol. The molecule has 0 aromatic rings. The Hall–Kier alpha value is -1.52. The molecule has 1 aliphatic carbocycles. The molecule has 2 amide bonds. The molecular formula is C16H26N2O3. The fourth-order valence-electron chi connectivity index (χ4n) is 3.14. The number of nitrogens with one attached hydrogen (secondary N) is 1. The molecule has 3 atom stereocenters. The molecule has 1 N–H and O–H groups in total. The third kappa shape index (κ3) is 4.22. The molecule has 21 heavy (non-hydrogen) atoms. The Morgan fingerprint density at radius 2 is 2.05 bits per heavy atom. The number of carbonyl (C=O) groups excluding carboxylic acids is 2. The van der Waals surface area contributed by atoms with Crippen molar-refractivity contribution in [3.63, 3.8) is 0 Å². The molecule has 5 heteroatoms. The highest BCUT2D eigenvalue weighted by Crippen LogP contribution is 2.36. The first-order valence-corrected chi connectivity index (χ1v) is 7.65. The molecule has 0 radical (unpaired) electrons. The lowest BCUT2D eigenvalue weighted by atomic mass is 9.78. The Labute approximate surface area is 126 Å². The first kappa shape index (κ1) is 15.9. The van der Waals surface area contributed by atoms with Gasteiger partial charge in [0.2, 0.25) is 5.91 Å². The Morgan fingerprint density at radius 1 is 1.33 bits per heavy atom. The maximum Gasteiger partial charge on any atom is 0.410 e. The summed E-state index contributed by atoms with van der Waals surface area (Å²) in [6, 6.07) is 0. The highest BCUT2D eigenvalue weighted by Gasteiger charge is 2.40. The molecule has 1 fully saturated rings. The van der Waals surface area contributed by atoms with Gasteiger partial charge in [-0.3, -0.25) is 4.79 Å². The number of likely N-dealkylation sites (tertiary alicyclic amines) is 1. The van der Waals surface area contributed by atoms with Gasteiger partial charge in [0, 0.05) is 26.6 Å². The Balaban J connectivity index is 1.96. The molecule has 2 aliphatic rings. The molecule has 0 bridgehead atoms. The molecule has 2 rings (SSSR count). The summed E-state index contributed by atoms with van der Waals surface area (Å²) in [6.07, 6.45) is 5.11. The van der Waals surface area contributed by atoms with Crippen molar-refractivity contribution in [2.24, 2.45) is 17.8 Å². The van der Waals surface area contributed by atoms with E-state index in [9.17, 15) is 9.59 Å². The van der Waals surface area contributed by atoms with Gasteiger partial charge in [0.1, 0.15) is 5.60 Å². The Bertz CT molecular complexity index is 439. The van der Waals surface area contributed by atoms with Crippen LogP contribution in [-0.4, -0.2) is 42.1 Å². The lowest BCUT2D eigenvalue weighted by Gasteiger charge is -2.29. The van der Waals surface area contributed by atoms with Crippen LogP contribution >= 0.6 is 0 Å². The monoisotopic (exact) mass is 294 g/mol. The molecule has 0 aromatic heterocycles. The lowest BCUT2D eigenvalue weighted by molar-refractivity contribution is -0.119. The molecular weight excluding hydrogens is 268 g/mol. The zero-order valence-electron chi connectivity index (χ0n) is 13.4. The number of rotatable bonds is 2. The van der Waals surface area contributed by atoms with Gasteiger partial charge in [-0.1, -0.05) is 12.2 Å². The summed E-state index contributed by atoms with van der Waals surface area (Å²) >= 11 is 0. The van der Waals surface area contributed by atoms with E-state index in [1.54, 1.807) is 4.90 Å². The topological polar surface area (TPSA) is 58.6 Å². The standard InChI is InChI=1S/C16H26N2O3/c1-11(19)17-8-12-6-5-7-13-9-18(10-14(12)13)15(20)21-16(2,3)4/h5,7,12-14H,6,8-10H2,1-4H3,(H,17,19)/t12-,13?,14+/m1/s1. The van der Waals surface area contributed by atoms with E-state index in [0.29, 0.717) is 37.4 Å². The quantitative estimate of drug-likeness (QED) is 0.794. The van der Waals surface area contributed by atoms with Crippen LogP contribution in [0.1, 0.15) is 34.1 Å². The van der Waals surface area contributed by atoms with Gasteiger partial charge < -0.3 is 15.0 Å². The molecule has 1 unspecified atom stereocenters. The van der Waals surface area contributed by atoms with Gasteiger partial charge in [-0.05, 0) is 44.9 Å². The van der Waals surface area contributed by atoms with Gasteiger partial charge in [-0.25, -0.2) is 4.79 Å². The van der Waals surface area contributed by atoms with Crippen molar-refractivity contribution < 1.29 is 14.3 Å². The summed E-state index contributed by atoms with van der Waals surface area (Å²) in [5.41, 5.74) is -0.462. The molecule has 0 saturated carbocycles. The maximum atomic E-state index is 12.2. The van der Waals surface area contributed by atoms with Crippen LogP contribution in [-0.2, 0) is 9.53 Å². The van der Waals surface area contributed by atoms with Gasteiger partial charge in [0.15, 0.2) is 0 Å². The molecule has 5 nitrogen and oxygen atoms in total. The van der Waals surface area contributed by atoms with E-state index in [0.717, 1.165) is 6.42 Å². The van der Waals surface area contributed by atoms with E-state index in [4.69, 9.17) is 4.74 Å². The van der Waals surface area contributed by atoms with E-state index >= 15 is 0 Å². The van der Waals surface area contributed by atoms with E-state index in [1.165, 1.54) is 6.92 Å². The zero-order valence-corrected chi connectivity index (χ0v) is 13.4. The maximum absolute atomic E-state index is 12.2. The minimum atomic E-state index is -0.462. The Morgan fingerprint density at radius 3 is 2.67 bits per heavy atom. The third-order valence-corrected chi connectivity index (χ3v) is 4.10. The number of allylic oxidation sites excluding steroid dienone is 1.